The fourth-order valence-corrected chi connectivity index (χ4v) is 2.03. The van der Waals surface area contributed by atoms with Crippen LogP contribution in [-0.2, 0) is 14.3 Å². The standard InChI is InChI=1S/C12H17N3O3S/c13-5-6-18-7-12(17)15-9-3-1-2-4-10(9)19-8-11(14)16/h1-4H,5-8,13H2,(H2,14,16)(H,15,17). The van der Waals surface area contributed by atoms with Crippen molar-refractivity contribution >= 4 is 29.3 Å². The van der Waals surface area contributed by atoms with Gasteiger partial charge in [0, 0.05) is 11.4 Å². The minimum atomic E-state index is -0.405. The Labute approximate surface area is 115 Å². The van der Waals surface area contributed by atoms with Crippen LogP contribution in [-0.4, -0.2) is 37.3 Å². The molecule has 0 unspecified atom stereocenters. The number of benzene rings is 1. The molecule has 1 aromatic carbocycles. The third-order valence-corrected chi connectivity index (χ3v) is 3.12. The van der Waals surface area contributed by atoms with E-state index in [1.54, 1.807) is 12.1 Å². The SMILES string of the molecule is NCCOCC(=O)Nc1ccccc1SCC(N)=O. The maximum absolute atomic E-state index is 11.6. The van der Waals surface area contributed by atoms with Crippen LogP contribution in [0.15, 0.2) is 29.2 Å². The van der Waals surface area contributed by atoms with Gasteiger partial charge in [0.25, 0.3) is 0 Å². The van der Waals surface area contributed by atoms with Gasteiger partial charge in [0.1, 0.15) is 6.61 Å². The predicted octanol–water partition coefficient (Wildman–Crippen LogP) is 0.178. The maximum Gasteiger partial charge on any atom is 0.250 e. The average molecular weight is 283 g/mol. The van der Waals surface area contributed by atoms with Crippen LogP contribution < -0.4 is 16.8 Å². The predicted molar refractivity (Wildman–Crippen MR) is 74.9 cm³/mol. The Morgan fingerprint density at radius 2 is 2.05 bits per heavy atom. The van der Waals surface area contributed by atoms with Gasteiger partial charge in [-0.05, 0) is 12.1 Å². The molecule has 6 nitrogen and oxygen atoms in total. The summed E-state index contributed by atoms with van der Waals surface area (Å²) in [7, 11) is 0. The average Bonchev–Trinajstić information content (AvgIpc) is 2.38. The van der Waals surface area contributed by atoms with Crippen molar-refractivity contribution in [3.8, 4) is 0 Å². The smallest absolute Gasteiger partial charge is 0.250 e. The second kappa shape index (κ2) is 8.52. The number of rotatable bonds is 8. The molecule has 5 N–H and O–H groups in total. The lowest BCUT2D eigenvalue weighted by Crippen LogP contribution is -2.21. The fourth-order valence-electron chi connectivity index (χ4n) is 1.28. The Bertz CT molecular complexity index is 440. The topological polar surface area (TPSA) is 107 Å². The summed E-state index contributed by atoms with van der Waals surface area (Å²) in [6.45, 7) is 0.663. The summed E-state index contributed by atoms with van der Waals surface area (Å²) in [5.41, 5.74) is 11.0. The summed E-state index contributed by atoms with van der Waals surface area (Å²) in [6.07, 6.45) is 0. The van der Waals surface area contributed by atoms with Crippen LogP contribution in [0.1, 0.15) is 0 Å². The van der Waals surface area contributed by atoms with Crippen LogP contribution in [0.2, 0.25) is 0 Å². The molecule has 19 heavy (non-hydrogen) atoms. The molecule has 7 heteroatoms. The Kier molecular flexibility index (Phi) is 6.94. The third kappa shape index (κ3) is 6.23. The van der Waals surface area contributed by atoms with Gasteiger partial charge in [0.05, 0.1) is 18.0 Å². The van der Waals surface area contributed by atoms with E-state index < -0.39 is 5.91 Å². The summed E-state index contributed by atoms with van der Waals surface area (Å²) in [5.74, 6) is -0.505. The lowest BCUT2D eigenvalue weighted by molar-refractivity contribution is -0.120. The Balaban J connectivity index is 2.56. The summed E-state index contributed by atoms with van der Waals surface area (Å²) in [6, 6.07) is 7.18. The molecule has 0 bridgehead atoms. The highest BCUT2D eigenvalue weighted by Gasteiger charge is 2.08. The molecule has 0 atom stereocenters. The minimum Gasteiger partial charge on any atom is -0.370 e. The Morgan fingerprint density at radius 3 is 2.74 bits per heavy atom. The summed E-state index contributed by atoms with van der Waals surface area (Å²) in [4.78, 5) is 23.1. The molecule has 0 spiro atoms. The van der Waals surface area contributed by atoms with E-state index in [4.69, 9.17) is 16.2 Å². The van der Waals surface area contributed by atoms with E-state index >= 15 is 0 Å². The molecule has 104 valence electrons. The van der Waals surface area contributed by atoms with Gasteiger partial charge in [0.15, 0.2) is 0 Å². The van der Waals surface area contributed by atoms with Crippen molar-refractivity contribution in [3.05, 3.63) is 24.3 Å². The van der Waals surface area contributed by atoms with Crippen LogP contribution >= 0.6 is 11.8 Å². The second-order valence-corrected chi connectivity index (χ2v) is 4.66. The first-order valence-electron chi connectivity index (χ1n) is 5.71. The molecule has 0 heterocycles. The molecule has 0 aliphatic rings. The van der Waals surface area contributed by atoms with Crippen molar-refractivity contribution in [3.63, 3.8) is 0 Å². The number of ether oxygens (including phenoxy) is 1. The van der Waals surface area contributed by atoms with Gasteiger partial charge in [-0.3, -0.25) is 9.59 Å². The highest BCUT2D eigenvalue weighted by molar-refractivity contribution is 8.00. The van der Waals surface area contributed by atoms with E-state index in [-0.39, 0.29) is 18.3 Å². The number of carbonyl (C=O) groups excluding carboxylic acids is 2. The van der Waals surface area contributed by atoms with Crippen LogP contribution in [0.25, 0.3) is 0 Å². The quantitative estimate of drug-likeness (QED) is 0.466. The molecular formula is C12H17N3O3S. The van der Waals surface area contributed by atoms with E-state index in [0.29, 0.717) is 18.8 Å². The normalized spacial score (nSPS) is 10.2. The van der Waals surface area contributed by atoms with Crippen LogP contribution in [0.3, 0.4) is 0 Å². The van der Waals surface area contributed by atoms with E-state index in [1.165, 1.54) is 11.8 Å². The zero-order valence-corrected chi connectivity index (χ0v) is 11.2. The molecule has 0 radical (unpaired) electrons. The highest BCUT2D eigenvalue weighted by atomic mass is 32.2. The van der Waals surface area contributed by atoms with E-state index in [9.17, 15) is 9.59 Å². The number of primary amides is 1. The first kappa shape index (κ1) is 15.5. The zero-order valence-electron chi connectivity index (χ0n) is 10.4. The Morgan fingerprint density at radius 1 is 1.32 bits per heavy atom. The number of amides is 2. The van der Waals surface area contributed by atoms with Crippen molar-refractivity contribution in [2.24, 2.45) is 11.5 Å². The number of carbonyl (C=O) groups is 2. The molecular weight excluding hydrogens is 266 g/mol. The van der Waals surface area contributed by atoms with E-state index in [0.717, 1.165) is 4.90 Å². The van der Waals surface area contributed by atoms with Crippen LogP contribution in [0, 0.1) is 0 Å². The first-order valence-corrected chi connectivity index (χ1v) is 6.70. The molecule has 0 fully saturated rings. The lowest BCUT2D eigenvalue weighted by atomic mass is 10.3. The van der Waals surface area contributed by atoms with Crippen molar-refractivity contribution in [2.45, 2.75) is 4.90 Å². The number of nitrogens with one attached hydrogen (secondary N) is 1. The summed E-state index contributed by atoms with van der Waals surface area (Å²) in [5, 5.41) is 2.72. The molecule has 0 saturated heterocycles. The molecule has 0 aromatic heterocycles. The molecule has 2 amide bonds. The van der Waals surface area contributed by atoms with Crippen LogP contribution in [0.4, 0.5) is 5.69 Å². The number of hydrogen-bond donors (Lipinski definition) is 3. The van der Waals surface area contributed by atoms with Crippen molar-refractivity contribution in [1.29, 1.82) is 0 Å². The van der Waals surface area contributed by atoms with Crippen molar-refractivity contribution in [1.82, 2.24) is 0 Å². The first-order chi connectivity index (χ1) is 9.13. The highest BCUT2D eigenvalue weighted by Crippen LogP contribution is 2.26. The largest absolute Gasteiger partial charge is 0.370 e. The monoisotopic (exact) mass is 283 g/mol. The van der Waals surface area contributed by atoms with Gasteiger partial charge in [-0.1, -0.05) is 12.1 Å². The minimum absolute atomic E-state index is 0.0496. The van der Waals surface area contributed by atoms with Crippen molar-refractivity contribution < 1.29 is 14.3 Å². The molecule has 0 aliphatic heterocycles. The van der Waals surface area contributed by atoms with Crippen LogP contribution in [0.5, 0.6) is 0 Å². The van der Waals surface area contributed by atoms with Gasteiger partial charge >= 0.3 is 0 Å². The number of hydrogen-bond acceptors (Lipinski definition) is 5. The number of nitrogens with two attached hydrogens (primary N) is 2. The third-order valence-electron chi connectivity index (χ3n) is 2.03. The molecule has 1 rings (SSSR count). The van der Waals surface area contributed by atoms with Gasteiger partial charge in [0.2, 0.25) is 11.8 Å². The van der Waals surface area contributed by atoms with Gasteiger partial charge in [-0.15, -0.1) is 11.8 Å². The number of para-hydroxylation sites is 1. The van der Waals surface area contributed by atoms with Gasteiger partial charge < -0.3 is 21.5 Å². The number of thioether (sulfide) groups is 1. The molecule has 0 saturated carbocycles. The maximum atomic E-state index is 11.6. The molecule has 0 aliphatic carbocycles. The second-order valence-electron chi connectivity index (χ2n) is 3.64. The van der Waals surface area contributed by atoms with E-state index in [2.05, 4.69) is 5.32 Å². The van der Waals surface area contributed by atoms with E-state index in [1.807, 2.05) is 12.1 Å². The zero-order chi connectivity index (χ0) is 14.1. The van der Waals surface area contributed by atoms with Gasteiger partial charge in [-0.2, -0.15) is 0 Å². The molecule has 1 aromatic rings. The summed E-state index contributed by atoms with van der Waals surface area (Å²) >= 11 is 1.28. The fraction of sp³-hybridized carbons (Fsp3) is 0.333. The van der Waals surface area contributed by atoms with Gasteiger partial charge in [-0.25, -0.2) is 0 Å². The number of anilines is 1. The Hall–Kier alpha value is -1.57. The van der Waals surface area contributed by atoms with Crippen molar-refractivity contribution in [2.75, 3.05) is 30.8 Å². The summed E-state index contributed by atoms with van der Waals surface area (Å²) < 4.78 is 5.04. The lowest BCUT2D eigenvalue weighted by Gasteiger charge is -2.10.